The van der Waals surface area contributed by atoms with Crippen LogP contribution >= 0.6 is 0 Å². The zero-order valence-electron chi connectivity index (χ0n) is 19.3. The zero-order chi connectivity index (χ0) is 24.4. The Morgan fingerprint density at radius 1 is 0.971 bits per heavy atom. The van der Waals surface area contributed by atoms with Gasteiger partial charge in [-0.25, -0.2) is 4.68 Å². The van der Waals surface area contributed by atoms with Crippen molar-refractivity contribution in [3.8, 4) is 28.4 Å². The van der Waals surface area contributed by atoms with E-state index in [0.29, 0.717) is 16.8 Å². The number of ether oxygens (including phenoxy) is 2. The Bertz CT molecular complexity index is 1400. The number of furan rings is 1. The van der Waals surface area contributed by atoms with Crippen molar-refractivity contribution in [2.45, 2.75) is 12.3 Å². The maximum Gasteiger partial charge on any atom is 0.311 e. The largest absolute Gasteiger partial charge is 0.497 e. The van der Waals surface area contributed by atoms with Crippen molar-refractivity contribution in [1.29, 1.82) is 0 Å². The van der Waals surface area contributed by atoms with E-state index in [1.807, 2.05) is 83.5 Å². The monoisotopic (exact) mass is 468 g/mol. The van der Waals surface area contributed by atoms with Crippen LogP contribution in [0.3, 0.4) is 0 Å². The minimum absolute atomic E-state index is 0.213. The van der Waals surface area contributed by atoms with E-state index in [4.69, 9.17) is 19.0 Å². The maximum atomic E-state index is 12.3. The van der Waals surface area contributed by atoms with Crippen molar-refractivity contribution in [1.82, 2.24) is 9.78 Å². The summed E-state index contributed by atoms with van der Waals surface area (Å²) in [5.41, 5.74) is 4.57. The predicted molar refractivity (Wildman–Crippen MR) is 132 cm³/mol. The molecule has 0 aliphatic rings. The fourth-order valence-electron chi connectivity index (χ4n) is 4.23. The minimum Gasteiger partial charge on any atom is -0.497 e. The third-order valence-electron chi connectivity index (χ3n) is 6.06. The van der Waals surface area contributed by atoms with Gasteiger partial charge in [-0.1, -0.05) is 18.2 Å². The summed E-state index contributed by atoms with van der Waals surface area (Å²) < 4.78 is 18.0. The molecule has 0 aliphatic carbocycles. The van der Waals surface area contributed by atoms with Gasteiger partial charge >= 0.3 is 5.97 Å². The van der Waals surface area contributed by atoms with Gasteiger partial charge in [-0.3, -0.25) is 4.79 Å². The first-order chi connectivity index (χ1) is 17.1. The summed E-state index contributed by atoms with van der Waals surface area (Å²) >= 11 is 0. The second-order valence-electron chi connectivity index (χ2n) is 8.14. The maximum absolute atomic E-state index is 12.3. The molecule has 5 aromatic rings. The second-order valence-corrected chi connectivity index (χ2v) is 8.14. The number of hydrogen-bond acceptors (Lipinski definition) is 5. The molecule has 7 heteroatoms. The van der Waals surface area contributed by atoms with E-state index in [2.05, 4.69) is 0 Å². The number of rotatable bonds is 8. The van der Waals surface area contributed by atoms with Gasteiger partial charge in [0.25, 0.3) is 0 Å². The van der Waals surface area contributed by atoms with Crippen LogP contribution in [0.4, 0.5) is 0 Å². The van der Waals surface area contributed by atoms with Crippen molar-refractivity contribution >= 4 is 16.9 Å². The lowest BCUT2D eigenvalue weighted by Crippen LogP contribution is -2.14. The molecule has 0 amide bonds. The smallest absolute Gasteiger partial charge is 0.311 e. The SMILES string of the molecule is COc1ccc(-c2cc(CC(C(=O)O)c3coc4ccccc34)nn2-c2ccc(OC)cc2)cc1. The van der Waals surface area contributed by atoms with Gasteiger partial charge in [0, 0.05) is 22.9 Å². The lowest BCUT2D eigenvalue weighted by molar-refractivity contribution is -0.138. The van der Waals surface area contributed by atoms with E-state index in [1.165, 1.54) is 6.26 Å². The van der Waals surface area contributed by atoms with Crippen LogP contribution in [0.2, 0.25) is 0 Å². The van der Waals surface area contributed by atoms with Gasteiger partial charge in [-0.15, -0.1) is 0 Å². The van der Waals surface area contributed by atoms with Gasteiger partial charge in [0.05, 0.1) is 43.5 Å². The molecule has 0 bridgehead atoms. The van der Waals surface area contributed by atoms with Crippen LogP contribution in [-0.4, -0.2) is 35.1 Å². The Hall–Kier alpha value is -4.52. The second kappa shape index (κ2) is 9.38. The number of nitrogens with zero attached hydrogens (tertiary/aromatic N) is 2. The van der Waals surface area contributed by atoms with E-state index in [0.717, 1.165) is 33.8 Å². The van der Waals surface area contributed by atoms with Crippen LogP contribution in [0.1, 0.15) is 17.2 Å². The number of aromatic nitrogens is 2. The van der Waals surface area contributed by atoms with Crippen molar-refractivity contribution in [3.63, 3.8) is 0 Å². The normalized spacial score (nSPS) is 11.9. The van der Waals surface area contributed by atoms with Crippen molar-refractivity contribution in [3.05, 3.63) is 96.4 Å². The zero-order valence-corrected chi connectivity index (χ0v) is 19.3. The van der Waals surface area contributed by atoms with Crippen molar-refractivity contribution in [2.24, 2.45) is 0 Å². The van der Waals surface area contributed by atoms with Crippen LogP contribution < -0.4 is 9.47 Å². The first-order valence-electron chi connectivity index (χ1n) is 11.1. The van der Waals surface area contributed by atoms with E-state index in [1.54, 1.807) is 14.2 Å². The molecule has 35 heavy (non-hydrogen) atoms. The van der Waals surface area contributed by atoms with Crippen LogP contribution in [0.25, 0.3) is 27.9 Å². The van der Waals surface area contributed by atoms with Crippen LogP contribution in [0.5, 0.6) is 11.5 Å². The highest BCUT2D eigenvalue weighted by atomic mass is 16.5. The first-order valence-corrected chi connectivity index (χ1v) is 11.1. The summed E-state index contributed by atoms with van der Waals surface area (Å²) in [5.74, 6) is -0.240. The number of hydrogen-bond donors (Lipinski definition) is 1. The van der Waals surface area contributed by atoms with Crippen LogP contribution in [0.15, 0.2) is 89.5 Å². The lowest BCUT2D eigenvalue weighted by atomic mass is 9.93. The molecule has 5 rings (SSSR count). The molecule has 3 aromatic carbocycles. The quantitative estimate of drug-likeness (QED) is 0.314. The molecular weight excluding hydrogens is 444 g/mol. The summed E-state index contributed by atoms with van der Waals surface area (Å²) in [6.07, 6.45) is 1.75. The van der Waals surface area contributed by atoms with Crippen LogP contribution in [-0.2, 0) is 11.2 Å². The Kier molecular flexibility index (Phi) is 5.97. The van der Waals surface area contributed by atoms with Gasteiger partial charge < -0.3 is 19.0 Å². The summed E-state index contributed by atoms with van der Waals surface area (Å²) in [7, 11) is 3.25. The fraction of sp³-hybridized carbons (Fsp3) is 0.143. The molecule has 1 atom stereocenters. The molecule has 0 saturated carbocycles. The number of aliphatic carboxylic acids is 1. The highest BCUT2D eigenvalue weighted by molar-refractivity contribution is 5.88. The summed E-state index contributed by atoms with van der Waals surface area (Å²) in [4.78, 5) is 12.3. The lowest BCUT2D eigenvalue weighted by Gasteiger charge is -2.10. The molecule has 1 N–H and O–H groups in total. The molecule has 176 valence electrons. The molecule has 0 aliphatic heterocycles. The average molecular weight is 469 g/mol. The number of carboxylic acid groups (broad SMARTS) is 1. The predicted octanol–water partition coefficient (Wildman–Crippen LogP) is 5.71. The number of para-hydroxylation sites is 1. The van der Waals surface area contributed by atoms with Gasteiger partial charge in [-0.05, 0) is 60.7 Å². The molecule has 0 radical (unpaired) electrons. The highest BCUT2D eigenvalue weighted by Crippen LogP contribution is 2.32. The topological polar surface area (TPSA) is 86.7 Å². The van der Waals surface area contributed by atoms with E-state index >= 15 is 0 Å². The van der Waals surface area contributed by atoms with Crippen molar-refractivity contribution in [2.75, 3.05) is 14.2 Å². The number of benzene rings is 3. The minimum atomic E-state index is -0.929. The molecule has 0 saturated heterocycles. The molecule has 1 unspecified atom stereocenters. The van der Waals surface area contributed by atoms with E-state index < -0.39 is 11.9 Å². The highest BCUT2D eigenvalue weighted by Gasteiger charge is 2.26. The van der Waals surface area contributed by atoms with Gasteiger partial charge in [0.15, 0.2) is 0 Å². The van der Waals surface area contributed by atoms with Crippen molar-refractivity contribution < 1.29 is 23.8 Å². The van der Waals surface area contributed by atoms with Gasteiger partial charge in [0.1, 0.15) is 17.1 Å². The fourth-order valence-corrected chi connectivity index (χ4v) is 4.23. The van der Waals surface area contributed by atoms with Gasteiger partial charge in [0.2, 0.25) is 0 Å². The molecule has 2 heterocycles. The Balaban J connectivity index is 1.57. The Morgan fingerprint density at radius 2 is 1.63 bits per heavy atom. The number of carbonyl (C=O) groups is 1. The number of carboxylic acids is 1. The Morgan fingerprint density at radius 3 is 2.29 bits per heavy atom. The third-order valence-corrected chi connectivity index (χ3v) is 6.06. The summed E-state index contributed by atoms with van der Waals surface area (Å²) in [5, 5.41) is 15.7. The first kappa shape index (κ1) is 22.3. The summed E-state index contributed by atoms with van der Waals surface area (Å²) in [6.45, 7) is 0. The average Bonchev–Trinajstić information content (AvgIpc) is 3.52. The number of fused-ring (bicyclic) bond motifs is 1. The Labute approximate surface area is 202 Å². The summed E-state index contributed by atoms with van der Waals surface area (Å²) in [6, 6.07) is 24.6. The van der Waals surface area contributed by atoms with E-state index in [9.17, 15) is 9.90 Å². The molecule has 0 fully saturated rings. The third kappa shape index (κ3) is 4.36. The van der Waals surface area contributed by atoms with Gasteiger partial charge in [-0.2, -0.15) is 5.10 Å². The molecule has 7 nitrogen and oxygen atoms in total. The van der Waals surface area contributed by atoms with E-state index in [-0.39, 0.29) is 6.42 Å². The molecular formula is C28H24N2O5. The number of methoxy groups -OCH3 is 2. The molecule has 2 aromatic heterocycles. The molecule has 0 spiro atoms. The standard InChI is InChI=1S/C28H24N2O5/c1-33-21-11-7-18(8-12-21)26-16-19(29-30(26)20-9-13-22(34-2)14-10-20)15-24(28(31)32)25-17-35-27-6-4-3-5-23(25)27/h3-14,16-17,24H,15H2,1-2H3,(H,31,32). The van der Waals surface area contributed by atoms with Crippen LogP contribution in [0, 0.1) is 0 Å².